The summed E-state index contributed by atoms with van der Waals surface area (Å²) in [5.41, 5.74) is 0.577. The van der Waals surface area contributed by atoms with Crippen LogP contribution in [0.25, 0.3) is 22.3 Å². The van der Waals surface area contributed by atoms with Gasteiger partial charge in [0.1, 0.15) is 16.9 Å². The lowest BCUT2D eigenvalue weighted by Gasteiger charge is -2.32. The quantitative estimate of drug-likeness (QED) is 0.446. The van der Waals surface area contributed by atoms with Crippen LogP contribution >= 0.6 is 15.9 Å². The molecule has 1 aromatic heterocycles. The molecule has 0 bridgehead atoms. The number of benzene rings is 2. The summed E-state index contributed by atoms with van der Waals surface area (Å²) in [5.74, 6) is 0.868. The van der Waals surface area contributed by atoms with E-state index in [0.717, 1.165) is 55.6 Å². The predicted molar refractivity (Wildman–Crippen MR) is 133 cm³/mol. The van der Waals surface area contributed by atoms with E-state index in [1.165, 1.54) is 19.2 Å². The number of halogens is 1. The molecule has 7 nitrogen and oxygen atoms in total. The summed E-state index contributed by atoms with van der Waals surface area (Å²) in [6, 6.07) is 10.2. The molecule has 4 rings (SSSR count). The van der Waals surface area contributed by atoms with E-state index in [-0.39, 0.29) is 22.1 Å². The highest BCUT2D eigenvalue weighted by Gasteiger charge is 2.20. The van der Waals surface area contributed by atoms with Gasteiger partial charge in [-0.05, 0) is 38.6 Å². The second-order valence-electron chi connectivity index (χ2n) is 8.31. The third-order valence-corrected chi connectivity index (χ3v) is 6.49. The number of aromatic hydroxyl groups is 1. The van der Waals surface area contributed by atoms with Crippen LogP contribution in [0.2, 0.25) is 0 Å². The highest BCUT2D eigenvalue weighted by molar-refractivity contribution is 9.10. The third-order valence-electron chi connectivity index (χ3n) is 5.96. The Morgan fingerprint density at radius 2 is 1.82 bits per heavy atom. The summed E-state index contributed by atoms with van der Waals surface area (Å²) in [4.78, 5) is 17.6. The van der Waals surface area contributed by atoms with Crippen LogP contribution in [0.5, 0.6) is 17.2 Å². The highest BCUT2D eigenvalue weighted by atomic mass is 79.9. The first-order chi connectivity index (χ1) is 16.0. The summed E-state index contributed by atoms with van der Waals surface area (Å²) < 4.78 is 18.5. The van der Waals surface area contributed by atoms with Crippen molar-refractivity contribution < 1.29 is 19.0 Å². The van der Waals surface area contributed by atoms with Gasteiger partial charge in [0.25, 0.3) is 0 Å². The molecule has 0 spiro atoms. The first-order valence-electron chi connectivity index (χ1n) is 11.1. The maximum Gasteiger partial charge on any atom is 0.205 e. The summed E-state index contributed by atoms with van der Waals surface area (Å²) in [5, 5.41) is 10.6. The molecule has 2 aromatic carbocycles. The highest BCUT2D eigenvalue weighted by Crippen LogP contribution is 2.41. The van der Waals surface area contributed by atoms with Crippen LogP contribution in [0.15, 0.2) is 50.1 Å². The van der Waals surface area contributed by atoms with E-state index in [4.69, 9.17) is 13.9 Å². The van der Waals surface area contributed by atoms with Gasteiger partial charge in [-0.1, -0.05) is 28.1 Å². The molecular formula is C25H29BrN2O5. The fourth-order valence-electron chi connectivity index (χ4n) is 4.02. The fraction of sp³-hybridized carbons (Fsp3) is 0.400. The van der Waals surface area contributed by atoms with Crippen molar-refractivity contribution in [3.05, 3.63) is 51.1 Å². The van der Waals surface area contributed by atoms with Gasteiger partial charge in [0.15, 0.2) is 16.8 Å². The number of hydrogen-bond donors (Lipinski definition) is 1. The van der Waals surface area contributed by atoms with Crippen LogP contribution in [0, 0.1) is 0 Å². The predicted octanol–water partition coefficient (Wildman–Crippen LogP) is 4.34. The molecule has 1 fully saturated rings. The van der Waals surface area contributed by atoms with Crippen molar-refractivity contribution in [3.63, 3.8) is 0 Å². The Balaban J connectivity index is 1.51. The number of ether oxygens (including phenoxy) is 2. The van der Waals surface area contributed by atoms with Gasteiger partial charge >= 0.3 is 0 Å². The zero-order valence-electron chi connectivity index (χ0n) is 19.0. The Hall–Kier alpha value is -2.55. The Morgan fingerprint density at radius 3 is 2.52 bits per heavy atom. The second kappa shape index (κ2) is 10.6. The van der Waals surface area contributed by atoms with Crippen molar-refractivity contribution in [2.75, 3.05) is 53.5 Å². The number of nitrogens with zero attached hydrogens (tertiary/aromatic N) is 2. The average Bonchev–Trinajstić information content (AvgIpc) is 2.80. The van der Waals surface area contributed by atoms with Gasteiger partial charge in [0, 0.05) is 48.3 Å². The molecule has 8 heteroatoms. The zero-order chi connectivity index (χ0) is 23.4. The molecule has 1 N–H and O–H groups in total. The van der Waals surface area contributed by atoms with E-state index < -0.39 is 0 Å². The first-order valence-corrected chi connectivity index (χ1v) is 11.9. The zero-order valence-corrected chi connectivity index (χ0v) is 20.6. The Labute approximate surface area is 201 Å². The van der Waals surface area contributed by atoms with Gasteiger partial charge in [0.2, 0.25) is 5.75 Å². The molecule has 1 aliphatic heterocycles. The third kappa shape index (κ3) is 5.51. The number of phenolic OH excluding ortho intramolecular Hbond substituents is 1. The van der Waals surface area contributed by atoms with E-state index >= 15 is 0 Å². The molecule has 0 atom stereocenters. The summed E-state index contributed by atoms with van der Waals surface area (Å²) in [6.07, 6.45) is 1.89. The smallest absolute Gasteiger partial charge is 0.205 e. The molecule has 1 saturated heterocycles. The lowest BCUT2D eigenvalue weighted by molar-refractivity contribution is 0.149. The van der Waals surface area contributed by atoms with Crippen molar-refractivity contribution in [3.8, 4) is 28.6 Å². The van der Waals surface area contributed by atoms with Crippen molar-refractivity contribution in [2.24, 2.45) is 0 Å². The molecule has 1 aliphatic rings. The number of fused-ring (bicyclic) bond motifs is 1. The maximum absolute atomic E-state index is 12.8. The van der Waals surface area contributed by atoms with E-state index in [9.17, 15) is 9.90 Å². The fourth-order valence-corrected chi connectivity index (χ4v) is 4.28. The van der Waals surface area contributed by atoms with Gasteiger partial charge in [-0.3, -0.25) is 4.79 Å². The van der Waals surface area contributed by atoms with E-state index in [1.807, 2.05) is 24.3 Å². The Bertz CT molecular complexity index is 1150. The minimum atomic E-state index is -0.344. The molecule has 0 unspecified atom stereocenters. The normalized spacial score (nSPS) is 15.1. The van der Waals surface area contributed by atoms with Crippen LogP contribution in [0.1, 0.15) is 12.8 Å². The monoisotopic (exact) mass is 516 g/mol. The topological polar surface area (TPSA) is 75.4 Å². The first kappa shape index (κ1) is 23.6. The molecule has 3 aromatic rings. The van der Waals surface area contributed by atoms with Crippen LogP contribution in [0.4, 0.5) is 0 Å². The van der Waals surface area contributed by atoms with E-state index in [2.05, 4.69) is 32.8 Å². The van der Waals surface area contributed by atoms with Gasteiger partial charge < -0.3 is 28.8 Å². The average molecular weight is 517 g/mol. The van der Waals surface area contributed by atoms with Crippen LogP contribution in [-0.4, -0.2) is 68.4 Å². The second-order valence-corrected chi connectivity index (χ2v) is 9.23. The summed E-state index contributed by atoms with van der Waals surface area (Å²) in [6.45, 7) is 5.94. The van der Waals surface area contributed by atoms with Crippen LogP contribution < -0.4 is 14.9 Å². The SMILES string of the molecule is COc1c(OCCCCN2CCN(C)CC2)cc(O)c2c(=O)cc(-c3ccc(Br)cc3)oc12. The van der Waals surface area contributed by atoms with Gasteiger partial charge in [-0.15, -0.1) is 0 Å². The number of phenols is 1. The molecule has 0 aliphatic carbocycles. The van der Waals surface area contributed by atoms with Crippen molar-refractivity contribution in [1.29, 1.82) is 0 Å². The number of likely N-dealkylation sites (N-methyl/N-ethyl adjacent to an activating group) is 1. The molecule has 0 radical (unpaired) electrons. The lowest BCUT2D eigenvalue weighted by atomic mass is 10.1. The largest absolute Gasteiger partial charge is 0.507 e. The standard InChI is InChI=1S/C25H29BrN2O5/c1-27-10-12-28(13-11-27)9-3-4-14-32-22-16-20(30)23-19(29)15-21(33-25(23)24(22)31-2)17-5-7-18(26)8-6-17/h5-8,15-16,30H,3-4,9-14H2,1-2H3. The van der Waals surface area contributed by atoms with Crippen molar-refractivity contribution in [1.82, 2.24) is 9.80 Å². The van der Waals surface area contributed by atoms with Gasteiger partial charge in [-0.2, -0.15) is 0 Å². The Kier molecular flexibility index (Phi) is 7.57. The van der Waals surface area contributed by atoms with Crippen molar-refractivity contribution in [2.45, 2.75) is 12.8 Å². The summed E-state index contributed by atoms with van der Waals surface area (Å²) in [7, 11) is 3.65. The van der Waals surface area contributed by atoms with Crippen LogP contribution in [0.3, 0.4) is 0 Å². The minimum Gasteiger partial charge on any atom is -0.507 e. The number of hydrogen-bond acceptors (Lipinski definition) is 7. The molecule has 0 saturated carbocycles. The number of rotatable bonds is 8. The van der Waals surface area contributed by atoms with E-state index in [1.54, 1.807) is 0 Å². The van der Waals surface area contributed by atoms with Crippen LogP contribution in [-0.2, 0) is 0 Å². The molecule has 33 heavy (non-hydrogen) atoms. The number of methoxy groups -OCH3 is 1. The van der Waals surface area contributed by atoms with E-state index in [0.29, 0.717) is 23.9 Å². The van der Waals surface area contributed by atoms with Gasteiger partial charge in [0.05, 0.1) is 13.7 Å². The minimum absolute atomic E-state index is 0.0788. The molecular weight excluding hydrogens is 488 g/mol. The molecule has 176 valence electrons. The number of piperazine rings is 1. The molecule has 2 heterocycles. The Morgan fingerprint density at radius 1 is 1.09 bits per heavy atom. The van der Waals surface area contributed by atoms with Crippen molar-refractivity contribution >= 4 is 26.9 Å². The lowest BCUT2D eigenvalue weighted by Crippen LogP contribution is -2.44. The molecule has 0 amide bonds. The summed E-state index contributed by atoms with van der Waals surface area (Å²) >= 11 is 3.41. The maximum atomic E-state index is 12.8. The number of unbranched alkanes of at least 4 members (excludes halogenated alkanes) is 1. The van der Waals surface area contributed by atoms with Gasteiger partial charge in [-0.25, -0.2) is 0 Å².